The molecule has 2 fully saturated rings. The number of aromatic nitrogens is 1. The number of fused-ring (bicyclic) bond motifs is 1. The van der Waals surface area contributed by atoms with Crippen LogP contribution in [0.4, 0.5) is 0 Å². The van der Waals surface area contributed by atoms with E-state index in [1.165, 1.54) is 39.0 Å². The van der Waals surface area contributed by atoms with Crippen LogP contribution in [0, 0.1) is 0 Å². The van der Waals surface area contributed by atoms with Crippen molar-refractivity contribution in [1.82, 2.24) is 67.1 Å². The summed E-state index contributed by atoms with van der Waals surface area (Å²) in [5.41, 5.74) is 7.92. The van der Waals surface area contributed by atoms with Crippen LogP contribution in [0.15, 0.2) is 85.1 Å². The van der Waals surface area contributed by atoms with Crippen molar-refractivity contribution in [1.29, 1.82) is 0 Å². The molecule has 2 aliphatic rings. The summed E-state index contributed by atoms with van der Waals surface area (Å²) >= 11 is 0. The van der Waals surface area contributed by atoms with Gasteiger partial charge in [0.2, 0.25) is 47.3 Å². The van der Waals surface area contributed by atoms with Gasteiger partial charge in [0.25, 0.3) is 0 Å². The largest absolute Gasteiger partial charge is 3.00 e. The van der Waals surface area contributed by atoms with Crippen molar-refractivity contribution in [3.05, 3.63) is 102 Å². The molecule has 1 aromatic heterocycles. The Kier molecular flexibility index (Phi) is 34.8. The van der Waals surface area contributed by atoms with E-state index in [1.807, 2.05) is 0 Å². The molecule has 2 saturated heterocycles. The van der Waals surface area contributed by atoms with Gasteiger partial charge in [-0.2, -0.15) is 0 Å². The van der Waals surface area contributed by atoms with E-state index in [0.717, 1.165) is 35.4 Å². The van der Waals surface area contributed by atoms with E-state index in [9.17, 15) is 78.9 Å². The second-order valence-corrected chi connectivity index (χ2v) is 27.0. The number of benzene rings is 3. The monoisotopic (exact) mass is 1500 g/mol. The molecule has 546 valence electrons. The average Bonchev–Trinajstić information content (AvgIpc) is 1.75. The maximum atomic E-state index is 15.3. The minimum absolute atomic E-state index is 0. The first kappa shape index (κ1) is 83.4. The van der Waals surface area contributed by atoms with Crippen molar-refractivity contribution < 1.29 is 93.3 Å². The fourth-order valence-corrected chi connectivity index (χ4v) is 13.4. The van der Waals surface area contributed by atoms with E-state index in [0.29, 0.717) is 34.0 Å². The molecule has 0 unspecified atom stereocenters. The zero-order chi connectivity index (χ0) is 73.0. The molecule has 0 spiro atoms. The number of carboxylic acids is 4. The van der Waals surface area contributed by atoms with Crippen LogP contribution in [0.1, 0.15) is 49.8 Å². The van der Waals surface area contributed by atoms with E-state index in [4.69, 9.17) is 5.73 Å². The van der Waals surface area contributed by atoms with Crippen molar-refractivity contribution in [2.24, 2.45) is 5.73 Å². The number of amides is 8. The number of hydrogen-bond donors (Lipinski definition) is 14. The number of phenols is 1. The molecule has 0 aliphatic carbocycles. The van der Waals surface area contributed by atoms with Gasteiger partial charge in [-0.15, -0.1) is 0 Å². The molecule has 36 heteroatoms. The Hall–Kier alpha value is -8.30. The number of aliphatic hydroxyl groups is 2. The van der Waals surface area contributed by atoms with Crippen molar-refractivity contribution in [3.8, 4) is 5.75 Å². The molecule has 10 atom stereocenters. The fourth-order valence-electron chi connectivity index (χ4n) is 11.1. The van der Waals surface area contributed by atoms with Gasteiger partial charge in [-0.25, -0.2) is 4.79 Å². The molecule has 15 N–H and O–H groups in total. The molecule has 3 aromatic carbocycles. The molecule has 101 heavy (non-hydrogen) atoms. The van der Waals surface area contributed by atoms with E-state index < -0.39 is 169 Å². The topological polar surface area (TPSA) is 506 Å². The summed E-state index contributed by atoms with van der Waals surface area (Å²) in [4.78, 5) is 175. The van der Waals surface area contributed by atoms with Gasteiger partial charge in [-0.3, -0.25) is 58.0 Å². The second-order valence-electron chi connectivity index (χ2n) is 24.4. The Morgan fingerprint density at radius 1 is 0.604 bits per heavy atom. The number of H-pyrrole nitrogens is 1. The number of hydrogen-bond acceptors (Lipinski definition) is 25. The molecular formula is C65H87GaN14O19S2. The Labute approximate surface area is 603 Å². The van der Waals surface area contributed by atoms with Crippen LogP contribution in [-0.4, -0.2) is 293 Å². The third-order valence-corrected chi connectivity index (χ3v) is 19.0. The van der Waals surface area contributed by atoms with Gasteiger partial charge < -0.3 is 103 Å². The standard InChI is InChI=1S/C65H90N14O19S2.Ga/c1-38(80)56-64(96)73-51(63(95)75-57(39(2)81)65(97)98)37-100-99-36-50(72-59(91)47(28-40-10-4-3-5-11-40)68-52(83)32-76-20-22-77(33-53(84)85)24-26-79(35-55(88)89)27-25-78(23-21-76)34-54(86)87)62(94)70-48(29-41-15-17-43(82)18-16-41)60(92)71-49(30-42-31-67-45-13-7-6-12-44(42)45)61(93)69-46(58(90)74-56)14-8-9-19-66;/h3-7,10-13,15-18,31,38-39,46-51,56-57,67,80-82H,8-9,14,19-30,32-37,66H2,1-2H3,(H,68,83)(H,69,93)(H,70,94)(H,71,92)(H,72,91)(H,73,96)(H,74,90)(H,75,95)(H,84,85)(H,86,87)(H,88,89)(H,97,98);/q;+3/p-3/t38-,39-,46+,47-,48+,49-,50+,51+,56+,57+;/m1./s1. The normalized spacial score (nSPS) is 21.7. The molecule has 3 heterocycles. The average molecular weight is 1500 g/mol. The zero-order valence-corrected chi connectivity index (χ0v) is 59.9. The molecule has 0 bridgehead atoms. The van der Waals surface area contributed by atoms with Gasteiger partial charge in [0.1, 0.15) is 48.0 Å². The van der Waals surface area contributed by atoms with Gasteiger partial charge in [-0.05, 0) is 74.5 Å². The van der Waals surface area contributed by atoms with Crippen LogP contribution in [0.5, 0.6) is 5.75 Å². The number of rotatable bonds is 26. The summed E-state index contributed by atoms with van der Waals surface area (Å²) in [6.45, 7) is 0.342. The Morgan fingerprint density at radius 2 is 1.12 bits per heavy atom. The number of aliphatic carboxylic acids is 4. The number of nitrogens with two attached hydrogens (primary N) is 1. The first-order chi connectivity index (χ1) is 47.7. The zero-order valence-electron chi connectivity index (χ0n) is 55.9. The SMILES string of the molecule is C[C@@H](O)[C@H](NC(=O)[C@@H]1CSSC[C@H](NC(=O)[C@@H](Cc2ccccc2)NC(=O)CN2CCN(CC(=O)[O-])CCN(CC(=O)[O-])CCN(CC(=O)[O-])CC2)C(=O)N[C@@H](Cc2ccc(O)cc2)C(=O)N[C@H](Cc2c[nH]c3ccccc23)C(=O)N[C@@H](CCCCN)C(=O)N[C@@H]([C@@H](C)O)C(=O)N1)C(=O)O.[Ga+3]. The van der Waals surface area contributed by atoms with Gasteiger partial charge >= 0.3 is 25.8 Å². The number of phenolic OH excluding ortho intramolecular Hbond substituents is 1. The predicted octanol–water partition coefficient (Wildman–Crippen LogP) is -7.76. The summed E-state index contributed by atoms with van der Waals surface area (Å²) < 4.78 is 0. The van der Waals surface area contributed by atoms with Gasteiger partial charge in [0.15, 0.2) is 6.04 Å². The fraction of sp³-hybridized carbons (Fsp3) is 0.508. The number of carbonyl (C=O) groups excluding carboxylic acids is 11. The van der Waals surface area contributed by atoms with Crippen LogP contribution in [0.25, 0.3) is 10.9 Å². The molecule has 4 aromatic rings. The number of unbranched alkanes of at least 4 members (excludes halogenated alkanes) is 1. The minimum Gasteiger partial charge on any atom is -0.549 e. The van der Waals surface area contributed by atoms with E-state index >= 15 is 14.4 Å². The van der Waals surface area contributed by atoms with Crippen LogP contribution < -0.4 is 63.6 Å². The first-order valence-electron chi connectivity index (χ1n) is 32.5. The summed E-state index contributed by atoms with van der Waals surface area (Å²) in [5, 5.41) is 98.5. The molecule has 0 saturated carbocycles. The van der Waals surface area contributed by atoms with Crippen LogP contribution >= 0.6 is 21.6 Å². The quantitative estimate of drug-likeness (QED) is 0.0158. The molecule has 8 amide bonds. The Morgan fingerprint density at radius 3 is 1.66 bits per heavy atom. The number of carboxylic acid groups (broad SMARTS) is 4. The molecule has 2 aliphatic heterocycles. The molecular weight excluding hydrogens is 1410 g/mol. The number of aromatic amines is 1. The van der Waals surface area contributed by atoms with Crippen LogP contribution in [0.3, 0.4) is 0 Å². The van der Waals surface area contributed by atoms with Crippen molar-refractivity contribution in [2.45, 2.75) is 113 Å². The molecule has 6 rings (SSSR count). The van der Waals surface area contributed by atoms with Crippen molar-refractivity contribution in [2.75, 3.05) is 96.6 Å². The smallest absolute Gasteiger partial charge is 0.549 e. The molecule has 33 nitrogen and oxygen atoms in total. The van der Waals surface area contributed by atoms with Crippen LogP contribution in [-0.2, 0) is 76.8 Å². The Balaban J connectivity index is 0.0000184. The van der Waals surface area contributed by atoms with Crippen molar-refractivity contribution >= 4 is 123 Å². The van der Waals surface area contributed by atoms with E-state index in [1.54, 1.807) is 65.7 Å². The third kappa shape index (κ3) is 28.2. The number of para-hydroxylation sites is 1. The summed E-state index contributed by atoms with van der Waals surface area (Å²) in [6, 6.07) is 7.74. The van der Waals surface area contributed by atoms with E-state index in [-0.39, 0.29) is 117 Å². The summed E-state index contributed by atoms with van der Waals surface area (Å²) in [7, 11) is 1.64. The first-order valence-corrected chi connectivity index (χ1v) is 35.0. The molecule has 0 radical (unpaired) electrons. The van der Waals surface area contributed by atoms with Crippen molar-refractivity contribution in [3.63, 3.8) is 0 Å². The predicted molar refractivity (Wildman–Crippen MR) is 365 cm³/mol. The number of carbonyl (C=O) groups is 12. The van der Waals surface area contributed by atoms with Gasteiger partial charge in [0.05, 0.1) is 36.7 Å². The Bertz CT molecular complexity index is 3420. The number of aliphatic hydroxyl groups excluding tert-OH is 2. The number of nitrogens with zero attached hydrogens (tertiary/aromatic N) is 4. The number of aromatic hydroxyl groups is 1. The summed E-state index contributed by atoms with van der Waals surface area (Å²) in [6.07, 6.45) is -1.98. The second kappa shape index (κ2) is 42.2. The maximum Gasteiger partial charge on any atom is 3.00 e. The number of nitrogens with one attached hydrogen (secondary N) is 9. The third-order valence-electron chi connectivity index (χ3n) is 16.5. The van der Waals surface area contributed by atoms with E-state index in [2.05, 4.69) is 47.5 Å². The summed E-state index contributed by atoms with van der Waals surface area (Å²) in [5.74, 6) is -14.9. The maximum absolute atomic E-state index is 15.3. The van der Waals surface area contributed by atoms with Crippen LogP contribution in [0.2, 0.25) is 0 Å². The van der Waals surface area contributed by atoms with Gasteiger partial charge in [0, 0.05) is 120 Å². The minimum atomic E-state index is -1.91. The van der Waals surface area contributed by atoms with Gasteiger partial charge in [-0.1, -0.05) is 82.3 Å².